The zero-order valence-corrected chi connectivity index (χ0v) is 24.5. The van der Waals surface area contributed by atoms with Crippen molar-refractivity contribution in [1.29, 1.82) is 0 Å². The van der Waals surface area contributed by atoms with E-state index in [9.17, 15) is 9.59 Å². The Morgan fingerprint density at radius 3 is 2.23 bits per heavy atom. The van der Waals surface area contributed by atoms with Gasteiger partial charge in [-0.3, -0.25) is 4.79 Å². The van der Waals surface area contributed by atoms with Crippen LogP contribution >= 0.6 is 11.3 Å². The van der Waals surface area contributed by atoms with Crippen LogP contribution in [0.5, 0.6) is 5.88 Å². The molecule has 10 heteroatoms. The lowest BCUT2D eigenvalue weighted by molar-refractivity contribution is -0.149. The van der Waals surface area contributed by atoms with E-state index >= 15 is 0 Å². The Morgan fingerprint density at radius 2 is 1.70 bits per heavy atom. The van der Waals surface area contributed by atoms with Crippen molar-refractivity contribution in [2.75, 3.05) is 46.8 Å². The van der Waals surface area contributed by atoms with Gasteiger partial charge in [-0.25, -0.2) is 4.79 Å². The molecule has 3 atom stereocenters. The van der Waals surface area contributed by atoms with Crippen molar-refractivity contribution in [1.82, 2.24) is 15.2 Å². The summed E-state index contributed by atoms with van der Waals surface area (Å²) in [4.78, 5) is 32.6. The van der Waals surface area contributed by atoms with Crippen LogP contribution in [-0.4, -0.2) is 69.3 Å². The molecule has 1 aliphatic heterocycles. The molecule has 212 valence electrons. The first-order valence-corrected chi connectivity index (χ1v) is 13.9. The van der Waals surface area contributed by atoms with Crippen LogP contribution in [-0.2, 0) is 24.6 Å². The Hall–Kier alpha value is -3.89. The second kappa shape index (κ2) is 12.5. The number of thiazole rings is 1. The van der Waals surface area contributed by atoms with Gasteiger partial charge in [-0.15, -0.1) is 11.3 Å². The zero-order valence-electron chi connectivity index (χ0n) is 23.7. The fourth-order valence-corrected chi connectivity index (χ4v) is 5.54. The number of nitrogens with zero attached hydrogens (tertiary/aromatic N) is 2. The number of esters is 2. The van der Waals surface area contributed by atoms with Gasteiger partial charge in [0, 0.05) is 12.2 Å². The quantitative estimate of drug-likeness (QED) is 0.293. The van der Waals surface area contributed by atoms with Crippen LogP contribution in [0.15, 0.2) is 71.2 Å². The lowest BCUT2D eigenvalue weighted by atomic mass is 9.70. The molecule has 3 unspecified atom stereocenters. The SMILES string of the molecule is COC(=O)C1=C(C)NC(C)(c2ccccc2)C(C(=O)OC)C1Nc1nc(OCCN(C)C)cs1.c1cc2ccc1=2. The predicted octanol–water partition coefficient (Wildman–Crippen LogP) is 3.91. The molecular weight excluding hydrogens is 528 g/mol. The standard InChI is InChI=1S/C24H32N4O5S.C6H4/c1-15-18(21(29)31-5)20(26-23-25-17(14-34-23)33-13-12-28(3)4)19(22(30)32-6)24(2,27-15)16-10-8-7-9-11-16;1-2-6-4-3-5(1)6/h7-11,14,19-20,27H,12-13H2,1-6H3,(H,25,26);1-4H. The Labute approximate surface area is 238 Å². The minimum atomic E-state index is -0.865. The minimum Gasteiger partial charge on any atom is -0.476 e. The number of rotatable bonds is 9. The van der Waals surface area contributed by atoms with E-state index in [2.05, 4.69) is 39.9 Å². The van der Waals surface area contributed by atoms with Gasteiger partial charge >= 0.3 is 11.9 Å². The second-order valence-electron chi connectivity index (χ2n) is 10.1. The molecular formula is C30H36N4O5S. The maximum absolute atomic E-state index is 13.2. The Morgan fingerprint density at radius 1 is 1.05 bits per heavy atom. The Kier molecular flexibility index (Phi) is 9.11. The number of ether oxygens (including phenoxy) is 3. The molecule has 0 bridgehead atoms. The predicted molar refractivity (Wildman–Crippen MR) is 155 cm³/mol. The lowest BCUT2D eigenvalue weighted by Crippen LogP contribution is -2.60. The summed E-state index contributed by atoms with van der Waals surface area (Å²) in [5.74, 6) is -1.33. The van der Waals surface area contributed by atoms with Gasteiger partial charge < -0.3 is 29.7 Å². The van der Waals surface area contributed by atoms with Gasteiger partial charge in [-0.2, -0.15) is 4.98 Å². The topological polar surface area (TPSA) is 102 Å². The van der Waals surface area contributed by atoms with Crippen LogP contribution in [0.1, 0.15) is 19.4 Å². The van der Waals surface area contributed by atoms with Crippen LogP contribution in [0.4, 0.5) is 5.13 Å². The monoisotopic (exact) mass is 564 g/mol. The van der Waals surface area contributed by atoms with E-state index in [0.29, 0.717) is 28.9 Å². The van der Waals surface area contributed by atoms with Crippen LogP contribution in [0, 0.1) is 16.4 Å². The average Bonchev–Trinajstić information content (AvgIpc) is 3.37. The van der Waals surface area contributed by atoms with Crippen LogP contribution in [0.3, 0.4) is 0 Å². The third-order valence-corrected chi connectivity index (χ3v) is 7.87. The largest absolute Gasteiger partial charge is 0.476 e. The lowest BCUT2D eigenvalue weighted by Gasteiger charge is -2.46. The van der Waals surface area contributed by atoms with Crippen LogP contribution in [0.2, 0.25) is 0 Å². The molecule has 0 saturated carbocycles. The van der Waals surface area contributed by atoms with E-state index in [4.69, 9.17) is 14.2 Å². The summed E-state index contributed by atoms with van der Waals surface area (Å²) < 4.78 is 16.0. The molecule has 2 aromatic rings. The molecule has 0 spiro atoms. The van der Waals surface area contributed by atoms with Crippen molar-refractivity contribution in [2.24, 2.45) is 5.92 Å². The first kappa shape index (κ1) is 29.1. The highest BCUT2D eigenvalue weighted by atomic mass is 32.1. The summed E-state index contributed by atoms with van der Waals surface area (Å²) in [5.41, 5.74) is 0.939. The molecule has 2 aliphatic carbocycles. The number of methoxy groups -OCH3 is 2. The molecule has 5 rings (SSSR count). The molecule has 3 aliphatic rings. The highest BCUT2D eigenvalue weighted by Crippen LogP contribution is 2.42. The van der Waals surface area contributed by atoms with Crippen LogP contribution in [0.25, 0.3) is 0 Å². The zero-order chi connectivity index (χ0) is 28.9. The molecule has 0 radical (unpaired) electrons. The van der Waals surface area contributed by atoms with E-state index in [1.54, 1.807) is 12.3 Å². The number of hydrogen-bond acceptors (Lipinski definition) is 10. The van der Waals surface area contributed by atoms with E-state index in [1.807, 2.05) is 56.3 Å². The summed E-state index contributed by atoms with van der Waals surface area (Å²) >= 11 is 1.33. The molecule has 0 fully saturated rings. The number of carbonyl (C=O) groups is 2. The average molecular weight is 565 g/mol. The van der Waals surface area contributed by atoms with Crippen molar-refractivity contribution in [3.63, 3.8) is 0 Å². The maximum Gasteiger partial charge on any atom is 0.337 e. The number of carbonyl (C=O) groups excluding carboxylic acids is 2. The molecule has 0 amide bonds. The number of hydrogen-bond donors (Lipinski definition) is 2. The first-order chi connectivity index (χ1) is 19.2. The van der Waals surface area contributed by atoms with Gasteiger partial charge in [0.2, 0.25) is 5.88 Å². The third kappa shape index (κ3) is 6.13. The third-order valence-electron chi connectivity index (χ3n) is 7.12. The van der Waals surface area contributed by atoms with Crippen LogP contribution < -0.4 is 15.4 Å². The summed E-state index contributed by atoms with van der Waals surface area (Å²) in [6.45, 7) is 4.97. The van der Waals surface area contributed by atoms with E-state index in [0.717, 1.165) is 12.1 Å². The summed E-state index contributed by atoms with van der Waals surface area (Å²) in [5, 5.41) is 11.9. The van der Waals surface area contributed by atoms with Crippen molar-refractivity contribution < 1.29 is 23.8 Å². The molecule has 2 heterocycles. The summed E-state index contributed by atoms with van der Waals surface area (Å²) in [7, 11) is 6.59. The van der Waals surface area contributed by atoms with Gasteiger partial charge in [0.15, 0.2) is 5.13 Å². The molecule has 9 nitrogen and oxygen atoms in total. The van der Waals surface area contributed by atoms with Gasteiger partial charge in [-0.1, -0.05) is 54.6 Å². The molecule has 1 aromatic heterocycles. The smallest absolute Gasteiger partial charge is 0.337 e. The fourth-order valence-electron chi connectivity index (χ4n) is 4.87. The first-order valence-electron chi connectivity index (χ1n) is 13.0. The van der Waals surface area contributed by atoms with E-state index < -0.39 is 29.4 Å². The van der Waals surface area contributed by atoms with Crippen molar-refractivity contribution >= 4 is 28.4 Å². The number of allylic oxidation sites excluding steroid dienone is 1. The maximum atomic E-state index is 13.2. The number of anilines is 1. The normalized spacial score (nSPS) is 20.6. The van der Waals surface area contributed by atoms with E-state index in [1.165, 1.54) is 36.0 Å². The fraction of sp³-hybridized carbons (Fsp3) is 0.367. The van der Waals surface area contributed by atoms with E-state index in [-0.39, 0.29) is 0 Å². The number of benzene rings is 2. The van der Waals surface area contributed by atoms with Gasteiger partial charge in [-0.05, 0) is 43.9 Å². The highest BCUT2D eigenvalue weighted by molar-refractivity contribution is 7.13. The van der Waals surface area contributed by atoms with Gasteiger partial charge in [0.25, 0.3) is 0 Å². The highest BCUT2D eigenvalue weighted by Gasteiger charge is 2.52. The molecule has 0 saturated heterocycles. The second-order valence-corrected chi connectivity index (χ2v) is 10.9. The Balaban J connectivity index is 0.000000534. The van der Waals surface area contributed by atoms with Crippen molar-refractivity contribution in [3.05, 3.63) is 87.2 Å². The Bertz CT molecular complexity index is 1420. The number of aromatic nitrogens is 1. The molecule has 1 aromatic carbocycles. The number of nitrogens with one attached hydrogen (secondary N) is 2. The molecule has 40 heavy (non-hydrogen) atoms. The number of likely N-dealkylation sites (N-methyl/N-ethyl adjacent to an activating group) is 1. The van der Waals surface area contributed by atoms with Crippen molar-refractivity contribution in [3.8, 4) is 5.88 Å². The minimum absolute atomic E-state index is 0.316. The summed E-state index contributed by atoms with van der Waals surface area (Å²) in [6, 6.07) is 17.3. The summed E-state index contributed by atoms with van der Waals surface area (Å²) in [6.07, 6.45) is 0. The van der Waals surface area contributed by atoms with Gasteiger partial charge in [0.1, 0.15) is 12.5 Å². The van der Waals surface area contributed by atoms with Crippen molar-refractivity contribution in [2.45, 2.75) is 25.4 Å². The van der Waals surface area contributed by atoms with Gasteiger partial charge in [0.05, 0.1) is 36.8 Å². The molecule has 2 N–H and O–H groups in total.